The van der Waals surface area contributed by atoms with E-state index in [1.54, 1.807) is 50.4 Å². The van der Waals surface area contributed by atoms with E-state index in [4.69, 9.17) is 20.5 Å². The number of anilines is 1. The Hall–Kier alpha value is -2.84. The third-order valence-corrected chi connectivity index (χ3v) is 5.86. The lowest BCUT2D eigenvalue weighted by molar-refractivity contribution is 0.460. The number of hydrogen-bond acceptors (Lipinski definition) is 6. The number of aromatic nitrogens is 2. The van der Waals surface area contributed by atoms with Crippen molar-refractivity contribution >= 4 is 38.4 Å². The molecule has 0 unspecified atom stereocenters. The molecule has 0 aliphatic carbocycles. The van der Waals surface area contributed by atoms with E-state index in [-0.39, 0.29) is 10.7 Å². The third kappa shape index (κ3) is 3.17. The zero-order valence-electron chi connectivity index (χ0n) is 14.4. The summed E-state index contributed by atoms with van der Waals surface area (Å²) in [4.78, 5) is 4.14. The van der Waals surface area contributed by atoms with Crippen molar-refractivity contribution in [2.24, 2.45) is 0 Å². The zero-order valence-corrected chi connectivity index (χ0v) is 15.9. The van der Waals surface area contributed by atoms with Crippen LogP contribution in [0.25, 0.3) is 22.3 Å². The Balaban J connectivity index is 1.77. The summed E-state index contributed by atoms with van der Waals surface area (Å²) in [7, 11) is -3.94. The summed E-state index contributed by atoms with van der Waals surface area (Å²) in [6, 6.07) is 10.00. The zero-order chi connectivity index (χ0) is 19.2. The average Bonchev–Trinajstić information content (AvgIpc) is 3.22. The van der Waals surface area contributed by atoms with Crippen LogP contribution in [0, 0.1) is 13.8 Å². The molecule has 0 spiro atoms. The van der Waals surface area contributed by atoms with Gasteiger partial charge in [-0.3, -0.25) is 4.72 Å². The lowest BCUT2D eigenvalue weighted by atomic mass is 10.1. The molecule has 9 heteroatoms. The summed E-state index contributed by atoms with van der Waals surface area (Å²) in [6.07, 6.45) is 1.55. The number of sulfonamides is 1. The quantitative estimate of drug-likeness (QED) is 0.536. The van der Waals surface area contributed by atoms with E-state index in [0.29, 0.717) is 38.8 Å². The maximum Gasteiger partial charge on any atom is 0.263 e. The van der Waals surface area contributed by atoms with Crippen LogP contribution in [0.5, 0.6) is 0 Å². The van der Waals surface area contributed by atoms with Crippen molar-refractivity contribution in [1.82, 2.24) is 10.1 Å². The summed E-state index contributed by atoms with van der Waals surface area (Å²) in [6.45, 7) is 3.42. The Morgan fingerprint density at radius 2 is 1.96 bits per heavy atom. The van der Waals surface area contributed by atoms with Gasteiger partial charge in [0, 0.05) is 12.5 Å². The molecular formula is C18H14ClN3O4S. The maximum atomic E-state index is 13.0. The van der Waals surface area contributed by atoms with Gasteiger partial charge in [-0.05, 0) is 30.7 Å². The minimum atomic E-state index is -3.94. The second-order valence-electron chi connectivity index (χ2n) is 5.97. The lowest BCUT2D eigenvalue weighted by Crippen LogP contribution is -2.14. The van der Waals surface area contributed by atoms with Crippen LogP contribution in [0.15, 0.2) is 56.4 Å². The predicted molar refractivity (Wildman–Crippen MR) is 101 cm³/mol. The van der Waals surface area contributed by atoms with Gasteiger partial charge in [-0.15, -0.1) is 0 Å². The van der Waals surface area contributed by atoms with Crippen LogP contribution in [0.1, 0.15) is 11.5 Å². The normalized spacial score (nSPS) is 11.8. The average molecular weight is 404 g/mol. The van der Waals surface area contributed by atoms with Crippen molar-refractivity contribution in [2.75, 3.05) is 4.72 Å². The Bertz CT molecular complexity index is 1260. The number of benzene rings is 2. The summed E-state index contributed by atoms with van der Waals surface area (Å²) in [5.41, 5.74) is 1.56. The molecule has 0 saturated heterocycles. The fourth-order valence-electron chi connectivity index (χ4n) is 2.74. The molecule has 0 bridgehead atoms. The van der Waals surface area contributed by atoms with Crippen LogP contribution in [0.2, 0.25) is 5.02 Å². The van der Waals surface area contributed by atoms with E-state index in [1.165, 1.54) is 6.07 Å². The van der Waals surface area contributed by atoms with Gasteiger partial charge < -0.3 is 8.94 Å². The molecule has 2 aromatic heterocycles. The van der Waals surface area contributed by atoms with E-state index in [9.17, 15) is 8.42 Å². The molecule has 138 valence electrons. The second-order valence-corrected chi connectivity index (χ2v) is 8.03. The lowest BCUT2D eigenvalue weighted by Gasteiger charge is -2.10. The van der Waals surface area contributed by atoms with E-state index in [1.807, 2.05) is 0 Å². The molecule has 4 rings (SSSR count). The highest BCUT2D eigenvalue weighted by Gasteiger charge is 2.22. The van der Waals surface area contributed by atoms with Gasteiger partial charge in [0.2, 0.25) is 0 Å². The Morgan fingerprint density at radius 3 is 2.70 bits per heavy atom. The summed E-state index contributed by atoms with van der Waals surface area (Å²) in [5, 5.41) is 4.55. The van der Waals surface area contributed by atoms with Crippen molar-refractivity contribution in [1.29, 1.82) is 0 Å². The highest BCUT2D eigenvalue weighted by atomic mass is 35.5. The van der Waals surface area contributed by atoms with Crippen LogP contribution < -0.4 is 4.72 Å². The van der Waals surface area contributed by atoms with Gasteiger partial charge in [-0.1, -0.05) is 35.0 Å². The van der Waals surface area contributed by atoms with E-state index in [2.05, 4.69) is 14.9 Å². The molecule has 1 N–H and O–H groups in total. The SMILES string of the molecule is Cc1ncc(-c2ccc(C)c(S(=O)(=O)Nc3noc4cccc(Cl)c34)c2)o1. The van der Waals surface area contributed by atoms with Gasteiger partial charge in [0.25, 0.3) is 10.0 Å². The Morgan fingerprint density at radius 1 is 1.15 bits per heavy atom. The number of fused-ring (bicyclic) bond motifs is 1. The number of nitrogens with one attached hydrogen (secondary N) is 1. The van der Waals surface area contributed by atoms with Crippen molar-refractivity contribution in [3.05, 3.63) is 59.1 Å². The number of hydrogen-bond donors (Lipinski definition) is 1. The molecule has 7 nitrogen and oxygen atoms in total. The van der Waals surface area contributed by atoms with Gasteiger partial charge in [0.1, 0.15) is 0 Å². The standard InChI is InChI=1S/C18H14ClN3O4S/c1-10-6-7-12(15-9-20-11(2)25-15)8-16(10)27(23,24)22-18-17-13(19)4-3-5-14(17)26-21-18/h3-9H,1-2H3,(H,21,22). The van der Waals surface area contributed by atoms with E-state index >= 15 is 0 Å². The second kappa shape index (κ2) is 6.40. The highest BCUT2D eigenvalue weighted by molar-refractivity contribution is 7.92. The first-order valence-electron chi connectivity index (χ1n) is 7.95. The number of nitrogens with zero attached hydrogens (tertiary/aromatic N) is 2. The minimum absolute atomic E-state index is 0.0379. The van der Waals surface area contributed by atoms with Crippen molar-refractivity contribution in [3.8, 4) is 11.3 Å². The number of rotatable bonds is 4. The molecule has 0 fully saturated rings. The van der Waals surface area contributed by atoms with Gasteiger partial charge in [-0.2, -0.15) is 0 Å². The highest BCUT2D eigenvalue weighted by Crippen LogP contribution is 2.32. The van der Waals surface area contributed by atoms with Crippen molar-refractivity contribution < 1.29 is 17.4 Å². The molecule has 0 aliphatic heterocycles. The Labute approximate surface area is 160 Å². The van der Waals surface area contributed by atoms with Gasteiger partial charge in [0.05, 0.1) is 21.5 Å². The minimum Gasteiger partial charge on any atom is -0.441 e. The van der Waals surface area contributed by atoms with Gasteiger partial charge in [0.15, 0.2) is 23.1 Å². The van der Waals surface area contributed by atoms with Crippen LogP contribution in [-0.2, 0) is 10.0 Å². The van der Waals surface area contributed by atoms with E-state index in [0.717, 1.165) is 0 Å². The summed E-state index contributed by atoms with van der Waals surface area (Å²) >= 11 is 6.16. The number of oxazole rings is 1. The summed E-state index contributed by atoms with van der Waals surface area (Å²) < 4.78 is 39.1. The molecule has 0 aliphatic rings. The fraction of sp³-hybridized carbons (Fsp3) is 0.111. The van der Waals surface area contributed by atoms with Crippen molar-refractivity contribution in [3.63, 3.8) is 0 Å². The summed E-state index contributed by atoms with van der Waals surface area (Å²) in [5.74, 6) is 1.02. The molecule has 0 saturated carbocycles. The molecular weight excluding hydrogens is 390 g/mol. The monoisotopic (exact) mass is 403 g/mol. The molecule has 0 amide bonds. The predicted octanol–water partition coefficient (Wildman–Crippen LogP) is 4.55. The molecule has 2 aromatic carbocycles. The Kier molecular flexibility index (Phi) is 4.16. The number of aryl methyl sites for hydroxylation is 2. The maximum absolute atomic E-state index is 13.0. The number of halogens is 1. The molecule has 0 atom stereocenters. The molecule has 4 aromatic rings. The smallest absolute Gasteiger partial charge is 0.263 e. The topological polar surface area (TPSA) is 98.2 Å². The van der Waals surface area contributed by atoms with Crippen LogP contribution in [0.4, 0.5) is 5.82 Å². The van der Waals surface area contributed by atoms with Crippen molar-refractivity contribution in [2.45, 2.75) is 18.7 Å². The van der Waals surface area contributed by atoms with Crippen LogP contribution >= 0.6 is 11.6 Å². The van der Waals surface area contributed by atoms with Crippen LogP contribution in [0.3, 0.4) is 0 Å². The van der Waals surface area contributed by atoms with Gasteiger partial charge >= 0.3 is 0 Å². The molecule has 2 heterocycles. The van der Waals surface area contributed by atoms with Crippen LogP contribution in [-0.4, -0.2) is 18.6 Å². The molecule has 0 radical (unpaired) electrons. The first-order chi connectivity index (χ1) is 12.8. The fourth-order valence-corrected chi connectivity index (χ4v) is 4.27. The largest absolute Gasteiger partial charge is 0.441 e. The third-order valence-electron chi connectivity index (χ3n) is 4.06. The van der Waals surface area contributed by atoms with Gasteiger partial charge in [-0.25, -0.2) is 13.4 Å². The van der Waals surface area contributed by atoms with E-state index < -0.39 is 10.0 Å². The first-order valence-corrected chi connectivity index (χ1v) is 9.81. The first kappa shape index (κ1) is 17.6. The molecule has 27 heavy (non-hydrogen) atoms.